The van der Waals surface area contributed by atoms with Gasteiger partial charge in [0, 0.05) is 13.5 Å². The molecule has 2 aromatic carbocycles. The molecule has 0 fully saturated rings. The van der Waals surface area contributed by atoms with Crippen LogP contribution in [-0.2, 0) is 31.6 Å². The summed E-state index contributed by atoms with van der Waals surface area (Å²) in [6, 6.07) is 17.5. The Bertz CT molecular complexity index is 893. The lowest BCUT2D eigenvalue weighted by molar-refractivity contribution is -0.120. The first-order valence-electron chi connectivity index (χ1n) is 9.99. The molecule has 9 heteroatoms. The molecule has 2 rings (SSSR count). The van der Waals surface area contributed by atoms with Crippen molar-refractivity contribution in [1.82, 2.24) is 10.4 Å². The maximum Gasteiger partial charge on any atom is 0.408 e. The molecule has 0 aromatic heterocycles. The summed E-state index contributed by atoms with van der Waals surface area (Å²) in [5.41, 5.74) is 7.12. The summed E-state index contributed by atoms with van der Waals surface area (Å²) in [6.07, 6.45) is -0.549. The van der Waals surface area contributed by atoms with Gasteiger partial charge in [-0.3, -0.25) is 9.36 Å². The number of carbonyl (C=O) groups is 2. The van der Waals surface area contributed by atoms with E-state index in [1.807, 2.05) is 60.7 Å². The Morgan fingerprint density at radius 3 is 2.03 bits per heavy atom. The van der Waals surface area contributed by atoms with Crippen molar-refractivity contribution in [2.24, 2.45) is 11.7 Å². The highest BCUT2D eigenvalue weighted by atomic mass is 31.2. The second kappa shape index (κ2) is 11.6. The molecule has 8 nitrogen and oxygen atoms in total. The van der Waals surface area contributed by atoms with Crippen LogP contribution in [0.1, 0.15) is 25.0 Å². The lowest BCUT2D eigenvalue weighted by Gasteiger charge is -2.31. The highest BCUT2D eigenvalue weighted by Gasteiger charge is 2.39. The number of primary amides is 1. The van der Waals surface area contributed by atoms with E-state index in [-0.39, 0.29) is 18.9 Å². The molecule has 0 aliphatic rings. The van der Waals surface area contributed by atoms with Gasteiger partial charge in [-0.2, -0.15) is 0 Å². The fourth-order valence-electron chi connectivity index (χ4n) is 3.00. The Balaban J connectivity index is 2.21. The second-order valence-corrected chi connectivity index (χ2v) is 9.89. The lowest BCUT2D eigenvalue weighted by Crippen LogP contribution is -2.48. The van der Waals surface area contributed by atoms with Crippen molar-refractivity contribution in [2.75, 3.05) is 7.11 Å². The molecular weight excluding hydrogens is 417 g/mol. The maximum atomic E-state index is 13.7. The molecule has 2 aromatic rings. The number of hydrogen-bond acceptors (Lipinski definition) is 5. The molecule has 0 spiro atoms. The standard InChI is InChI=1S/C22H30N3O5P/c1-16(2)20(21(23)26)25-31(28,29-3)19(14-17-10-6-4-7-11-17)24-22(27)30-15-18-12-8-5-9-13-18/h4-13,16,19-20H,14-15H2,1-3H3,(H2,23,26)(H,24,27)(H,25,28). The van der Waals surface area contributed by atoms with Gasteiger partial charge in [0.2, 0.25) is 5.91 Å². The monoisotopic (exact) mass is 447 g/mol. The summed E-state index contributed by atoms with van der Waals surface area (Å²) in [5, 5.41) is 5.41. The van der Waals surface area contributed by atoms with E-state index in [1.54, 1.807) is 13.8 Å². The SMILES string of the molecule is COP(=O)(NC(C(N)=O)C(C)C)C(Cc1ccccc1)NC(=O)OCc1ccccc1. The van der Waals surface area contributed by atoms with Crippen LogP contribution in [-0.4, -0.2) is 30.9 Å². The number of rotatable bonds is 11. The van der Waals surface area contributed by atoms with Crippen LogP contribution in [0.15, 0.2) is 60.7 Å². The van der Waals surface area contributed by atoms with Crippen LogP contribution in [0.3, 0.4) is 0 Å². The first kappa shape index (κ1) is 24.6. The van der Waals surface area contributed by atoms with E-state index >= 15 is 0 Å². The minimum Gasteiger partial charge on any atom is -0.445 e. The van der Waals surface area contributed by atoms with E-state index < -0.39 is 31.3 Å². The smallest absolute Gasteiger partial charge is 0.408 e. The van der Waals surface area contributed by atoms with Gasteiger partial charge in [0.25, 0.3) is 7.52 Å². The molecule has 0 bridgehead atoms. The van der Waals surface area contributed by atoms with E-state index in [2.05, 4.69) is 10.4 Å². The third kappa shape index (κ3) is 7.51. The van der Waals surface area contributed by atoms with Gasteiger partial charge in [-0.15, -0.1) is 0 Å². The van der Waals surface area contributed by atoms with Crippen molar-refractivity contribution >= 4 is 19.5 Å². The van der Waals surface area contributed by atoms with Gasteiger partial charge in [0.05, 0.1) is 6.04 Å². The average Bonchev–Trinajstić information content (AvgIpc) is 2.76. The Kier molecular flexibility index (Phi) is 9.24. The van der Waals surface area contributed by atoms with Gasteiger partial charge in [0.1, 0.15) is 12.4 Å². The van der Waals surface area contributed by atoms with Crippen molar-refractivity contribution in [1.29, 1.82) is 0 Å². The van der Waals surface area contributed by atoms with Crippen LogP contribution < -0.4 is 16.1 Å². The van der Waals surface area contributed by atoms with Crippen molar-refractivity contribution in [3.8, 4) is 0 Å². The molecule has 3 unspecified atom stereocenters. The summed E-state index contributed by atoms with van der Waals surface area (Å²) in [6.45, 7) is 3.61. The Morgan fingerprint density at radius 1 is 1.00 bits per heavy atom. The summed E-state index contributed by atoms with van der Waals surface area (Å²) in [4.78, 5) is 24.4. The average molecular weight is 447 g/mol. The van der Waals surface area contributed by atoms with E-state index in [0.717, 1.165) is 11.1 Å². The first-order chi connectivity index (χ1) is 14.7. The minimum absolute atomic E-state index is 0.0609. The summed E-state index contributed by atoms with van der Waals surface area (Å²) in [5.74, 6) is -1.87. The molecule has 0 aliphatic heterocycles. The number of nitrogens with two attached hydrogens (primary N) is 1. The Morgan fingerprint density at radius 2 is 1.55 bits per heavy atom. The molecular formula is C22H30N3O5P. The fraction of sp³-hybridized carbons (Fsp3) is 0.364. The molecule has 31 heavy (non-hydrogen) atoms. The quantitative estimate of drug-likeness (QED) is 0.454. The van der Waals surface area contributed by atoms with E-state index in [0.29, 0.717) is 0 Å². The van der Waals surface area contributed by atoms with Gasteiger partial charge in [-0.05, 0) is 17.0 Å². The highest BCUT2D eigenvalue weighted by molar-refractivity contribution is 7.57. The molecule has 0 saturated heterocycles. The van der Waals surface area contributed by atoms with Gasteiger partial charge < -0.3 is 20.3 Å². The van der Waals surface area contributed by atoms with E-state index in [9.17, 15) is 14.2 Å². The molecule has 4 N–H and O–H groups in total. The fourth-order valence-corrected chi connectivity index (χ4v) is 5.08. The number of ether oxygens (including phenoxy) is 1. The number of nitrogens with one attached hydrogen (secondary N) is 2. The zero-order chi connectivity index (χ0) is 22.9. The number of amides is 2. The lowest BCUT2D eigenvalue weighted by atomic mass is 10.1. The largest absolute Gasteiger partial charge is 0.445 e. The van der Waals surface area contributed by atoms with Crippen LogP contribution in [0.4, 0.5) is 4.79 Å². The Labute approximate surface area is 183 Å². The summed E-state index contributed by atoms with van der Waals surface area (Å²) >= 11 is 0. The zero-order valence-corrected chi connectivity index (χ0v) is 18.9. The predicted molar refractivity (Wildman–Crippen MR) is 119 cm³/mol. The topological polar surface area (TPSA) is 120 Å². The van der Waals surface area contributed by atoms with Crippen LogP contribution in [0, 0.1) is 5.92 Å². The molecule has 0 aliphatic carbocycles. The number of alkyl carbamates (subject to hydrolysis) is 1. The molecule has 168 valence electrons. The zero-order valence-electron chi connectivity index (χ0n) is 18.0. The Hall–Kier alpha value is -2.67. The van der Waals surface area contributed by atoms with Crippen molar-refractivity contribution in [3.63, 3.8) is 0 Å². The molecule has 3 atom stereocenters. The first-order valence-corrected chi connectivity index (χ1v) is 11.7. The molecule has 2 amide bonds. The van der Waals surface area contributed by atoms with E-state index in [1.165, 1.54) is 7.11 Å². The number of carbonyl (C=O) groups excluding carboxylic acids is 2. The van der Waals surface area contributed by atoms with Crippen LogP contribution in [0.25, 0.3) is 0 Å². The molecule has 0 saturated carbocycles. The minimum atomic E-state index is -3.75. The van der Waals surface area contributed by atoms with Gasteiger partial charge in [0.15, 0.2) is 0 Å². The third-order valence-electron chi connectivity index (χ3n) is 4.74. The summed E-state index contributed by atoms with van der Waals surface area (Å²) < 4.78 is 24.3. The van der Waals surface area contributed by atoms with E-state index in [4.69, 9.17) is 15.0 Å². The van der Waals surface area contributed by atoms with Gasteiger partial charge >= 0.3 is 6.09 Å². The normalized spacial score (nSPS) is 15.0. The third-order valence-corrected chi connectivity index (χ3v) is 7.06. The van der Waals surface area contributed by atoms with Crippen molar-refractivity contribution in [3.05, 3.63) is 71.8 Å². The van der Waals surface area contributed by atoms with Gasteiger partial charge in [-0.1, -0.05) is 74.5 Å². The number of benzene rings is 2. The van der Waals surface area contributed by atoms with Crippen LogP contribution >= 0.6 is 7.52 Å². The predicted octanol–water partition coefficient (Wildman–Crippen LogP) is 3.42. The van der Waals surface area contributed by atoms with Crippen molar-refractivity contribution in [2.45, 2.75) is 38.7 Å². The molecule has 0 heterocycles. The second-order valence-electron chi connectivity index (χ2n) is 7.44. The summed E-state index contributed by atoms with van der Waals surface area (Å²) in [7, 11) is -2.49. The highest BCUT2D eigenvalue weighted by Crippen LogP contribution is 2.48. The maximum absolute atomic E-state index is 13.7. The molecule has 0 radical (unpaired) electrons. The van der Waals surface area contributed by atoms with Crippen molar-refractivity contribution < 1.29 is 23.4 Å². The number of hydrogen-bond donors (Lipinski definition) is 3. The van der Waals surface area contributed by atoms with Crippen LogP contribution in [0.5, 0.6) is 0 Å². The van der Waals surface area contributed by atoms with Crippen LogP contribution in [0.2, 0.25) is 0 Å². The van der Waals surface area contributed by atoms with Gasteiger partial charge in [-0.25, -0.2) is 9.88 Å².